The van der Waals surface area contributed by atoms with Crippen molar-refractivity contribution in [3.8, 4) is 5.75 Å². The quantitative estimate of drug-likeness (QED) is 0.785. The minimum Gasteiger partial charge on any atom is -0.481 e. The Bertz CT molecular complexity index is 372. The van der Waals surface area contributed by atoms with Crippen molar-refractivity contribution in [3.05, 3.63) is 29.8 Å². The topological polar surface area (TPSA) is 29.5 Å². The first-order valence-corrected chi connectivity index (χ1v) is 6.11. The molecule has 0 bridgehead atoms. The molecule has 3 heteroatoms. The molecule has 94 valence electrons. The van der Waals surface area contributed by atoms with Crippen molar-refractivity contribution >= 4 is 5.91 Å². The molecule has 0 unspecified atom stereocenters. The summed E-state index contributed by atoms with van der Waals surface area (Å²) in [4.78, 5) is 13.8. The second-order valence-electron chi connectivity index (χ2n) is 4.04. The number of likely N-dealkylation sites (N-methyl/N-ethyl adjacent to an activating group) is 1. The van der Waals surface area contributed by atoms with Crippen LogP contribution in [0.25, 0.3) is 0 Å². The van der Waals surface area contributed by atoms with Crippen LogP contribution in [-0.2, 0) is 4.79 Å². The fourth-order valence-electron chi connectivity index (χ4n) is 1.72. The zero-order valence-electron chi connectivity index (χ0n) is 11.1. The Morgan fingerprint density at radius 1 is 1.29 bits per heavy atom. The van der Waals surface area contributed by atoms with Gasteiger partial charge in [0.1, 0.15) is 5.75 Å². The van der Waals surface area contributed by atoms with E-state index in [1.165, 1.54) is 0 Å². The van der Waals surface area contributed by atoms with E-state index < -0.39 is 6.10 Å². The minimum atomic E-state index is -0.434. The molecule has 0 radical (unpaired) electrons. The zero-order valence-corrected chi connectivity index (χ0v) is 11.1. The molecule has 0 saturated carbocycles. The normalized spacial score (nSPS) is 12.0. The summed E-state index contributed by atoms with van der Waals surface area (Å²) in [5, 5.41) is 0. The lowest BCUT2D eigenvalue weighted by atomic mass is 10.2. The van der Waals surface area contributed by atoms with Crippen LogP contribution in [0.1, 0.15) is 26.3 Å². The molecule has 0 spiro atoms. The SMILES string of the molecule is CCN(CC)C(=O)[C@@H](C)Oc1ccccc1C. The van der Waals surface area contributed by atoms with Crippen molar-refractivity contribution in [2.45, 2.75) is 33.8 Å². The summed E-state index contributed by atoms with van der Waals surface area (Å²) in [7, 11) is 0. The van der Waals surface area contributed by atoms with Gasteiger partial charge in [-0.1, -0.05) is 18.2 Å². The highest BCUT2D eigenvalue weighted by Crippen LogP contribution is 2.18. The number of ether oxygens (including phenoxy) is 1. The van der Waals surface area contributed by atoms with Crippen molar-refractivity contribution in [1.29, 1.82) is 0 Å². The Kier molecular flexibility index (Phi) is 5.01. The van der Waals surface area contributed by atoms with Gasteiger partial charge in [-0.2, -0.15) is 0 Å². The molecule has 1 atom stereocenters. The molecule has 17 heavy (non-hydrogen) atoms. The highest BCUT2D eigenvalue weighted by atomic mass is 16.5. The molecule has 0 saturated heterocycles. The fraction of sp³-hybridized carbons (Fsp3) is 0.500. The first-order chi connectivity index (χ1) is 8.10. The number of aryl methyl sites for hydroxylation is 1. The van der Waals surface area contributed by atoms with Crippen LogP contribution in [0.15, 0.2) is 24.3 Å². The number of carbonyl (C=O) groups is 1. The van der Waals surface area contributed by atoms with E-state index in [0.29, 0.717) is 0 Å². The number of carbonyl (C=O) groups excluding carboxylic acids is 1. The molecule has 3 nitrogen and oxygen atoms in total. The number of amides is 1. The van der Waals surface area contributed by atoms with Gasteiger partial charge in [-0.15, -0.1) is 0 Å². The Morgan fingerprint density at radius 3 is 2.41 bits per heavy atom. The summed E-state index contributed by atoms with van der Waals surface area (Å²) in [5.74, 6) is 0.818. The van der Waals surface area contributed by atoms with Gasteiger partial charge in [0, 0.05) is 13.1 Å². The standard InChI is InChI=1S/C14H21NO2/c1-5-15(6-2)14(16)12(4)17-13-10-8-7-9-11(13)3/h7-10,12H,5-6H2,1-4H3/t12-/m1/s1. The molecule has 0 aromatic heterocycles. The number of nitrogens with zero attached hydrogens (tertiary/aromatic N) is 1. The van der Waals surface area contributed by atoms with E-state index in [1.54, 1.807) is 11.8 Å². The number of rotatable bonds is 5. The van der Waals surface area contributed by atoms with E-state index in [0.717, 1.165) is 24.4 Å². The maximum Gasteiger partial charge on any atom is 0.263 e. The van der Waals surface area contributed by atoms with E-state index in [2.05, 4.69) is 0 Å². The van der Waals surface area contributed by atoms with E-state index in [1.807, 2.05) is 45.0 Å². The van der Waals surface area contributed by atoms with Crippen LogP contribution in [0.3, 0.4) is 0 Å². The van der Waals surface area contributed by atoms with Crippen LogP contribution < -0.4 is 4.74 Å². The molecule has 0 heterocycles. The molecule has 1 amide bonds. The molecule has 0 aliphatic heterocycles. The van der Waals surface area contributed by atoms with Gasteiger partial charge in [0.05, 0.1) is 0 Å². The third-order valence-corrected chi connectivity index (χ3v) is 2.82. The van der Waals surface area contributed by atoms with Crippen LogP contribution in [0.5, 0.6) is 5.75 Å². The van der Waals surface area contributed by atoms with Gasteiger partial charge in [0.25, 0.3) is 5.91 Å². The predicted octanol–water partition coefficient (Wildman–Crippen LogP) is 2.63. The molecule has 1 aromatic carbocycles. The van der Waals surface area contributed by atoms with E-state index >= 15 is 0 Å². The first-order valence-electron chi connectivity index (χ1n) is 6.11. The number of hydrogen-bond donors (Lipinski definition) is 0. The van der Waals surface area contributed by atoms with Gasteiger partial charge in [-0.25, -0.2) is 0 Å². The van der Waals surface area contributed by atoms with Crippen LogP contribution >= 0.6 is 0 Å². The van der Waals surface area contributed by atoms with E-state index in [4.69, 9.17) is 4.74 Å². The molecule has 0 N–H and O–H groups in total. The van der Waals surface area contributed by atoms with E-state index in [9.17, 15) is 4.79 Å². The first kappa shape index (κ1) is 13.6. The zero-order chi connectivity index (χ0) is 12.8. The molecule has 0 fully saturated rings. The smallest absolute Gasteiger partial charge is 0.263 e. The summed E-state index contributed by atoms with van der Waals surface area (Å²) in [6.07, 6.45) is -0.434. The summed E-state index contributed by atoms with van der Waals surface area (Å²) < 4.78 is 5.70. The van der Waals surface area contributed by atoms with Gasteiger partial charge in [-0.3, -0.25) is 4.79 Å². The molecular formula is C14H21NO2. The molecule has 1 aromatic rings. The molecule has 0 aliphatic rings. The average molecular weight is 235 g/mol. The van der Waals surface area contributed by atoms with Crippen molar-refractivity contribution in [2.24, 2.45) is 0 Å². The second-order valence-corrected chi connectivity index (χ2v) is 4.04. The molecular weight excluding hydrogens is 214 g/mol. The maximum absolute atomic E-state index is 12.0. The second kappa shape index (κ2) is 6.28. The number of para-hydroxylation sites is 1. The Morgan fingerprint density at radius 2 is 1.88 bits per heavy atom. The Hall–Kier alpha value is -1.51. The fourth-order valence-corrected chi connectivity index (χ4v) is 1.72. The largest absolute Gasteiger partial charge is 0.481 e. The highest BCUT2D eigenvalue weighted by Gasteiger charge is 2.19. The summed E-state index contributed by atoms with van der Waals surface area (Å²) >= 11 is 0. The van der Waals surface area contributed by atoms with Crippen LogP contribution in [0.2, 0.25) is 0 Å². The lowest BCUT2D eigenvalue weighted by Crippen LogP contribution is -2.40. The van der Waals surface area contributed by atoms with Crippen LogP contribution in [0, 0.1) is 6.92 Å². The van der Waals surface area contributed by atoms with Crippen molar-refractivity contribution < 1.29 is 9.53 Å². The highest BCUT2D eigenvalue weighted by molar-refractivity contribution is 5.80. The summed E-state index contributed by atoms with van der Waals surface area (Å²) in [5.41, 5.74) is 1.05. The summed E-state index contributed by atoms with van der Waals surface area (Å²) in [6.45, 7) is 9.16. The minimum absolute atomic E-state index is 0.0400. The molecule has 0 aliphatic carbocycles. The van der Waals surface area contributed by atoms with Crippen molar-refractivity contribution in [3.63, 3.8) is 0 Å². The monoisotopic (exact) mass is 235 g/mol. The van der Waals surface area contributed by atoms with Gasteiger partial charge < -0.3 is 9.64 Å². The van der Waals surface area contributed by atoms with Gasteiger partial charge in [0.15, 0.2) is 6.10 Å². The van der Waals surface area contributed by atoms with Gasteiger partial charge in [-0.05, 0) is 39.3 Å². The predicted molar refractivity (Wildman–Crippen MR) is 69.2 cm³/mol. The third kappa shape index (κ3) is 3.48. The average Bonchev–Trinajstić information content (AvgIpc) is 2.33. The third-order valence-electron chi connectivity index (χ3n) is 2.82. The number of benzene rings is 1. The lowest BCUT2D eigenvalue weighted by Gasteiger charge is -2.23. The van der Waals surface area contributed by atoms with Gasteiger partial charge >= 0.3 is 0 Å². The van der Waals surface area contributed by atoms with Crippen LogP contribution in [0.4, 0.5) is 0 Å². The van der Waals surface area contributed by atoms with E-state index in [-0.39, 0.29) is 5.91 Å². The van der Waals surface area contributed by atoms with Crippen LogP contribution in [-0.4, -0.2) is 30.0 Å². The maximum atomic E-state index is 12.0. The van der Waals surface area contributed by atoms with Crippen molar-refractivity contribution in [2.75, 3.05) is 13.1 Å². The summed E-state index contributed by atoms with van der Waals surface area (Å²) in [6, 6.07) is 7.74. The Balaban J connectivity index is 2.69. The molecule has 1 rings (SSSR count). The van der Waals surface area contributed by atoms with Gasteiger partial charge in [0.2, 0.25) is 0 Å². The lowest BCUT2D eigenvalue weighted by molar-refractivity contribution is -0.137. The van der Waals surface area contributed by atoms with Crippen molar-refractivity contribution in [1.82, 2.24) is 4.90 Å². The Labute approximate surface area is 103 Å². The number of hydrogen-bond acceptors (Lipinski definition) is 2.